The van der Waals surface area contributed by atoms with Crippen LogP contribution in [0.25, 0.3) is 0 Å². The van der Waals surface area contributed by atoms with Crippen molar-refractivity contribution in [3.63, 3.8) is 0 Å². The van der Waals surface area contributed by atoms with Gasteiger partial charge in [0.1, 0.15) is 6.04 Å². The van der Waals surface area contributed by atoms with E-state index in [0.29, 0.717) is 13.0 Å². The molecule has 0 bridgehead atoms. The van der Waals surface area contributed by atoms with Crippen LogP contribution in [0.2, 0.25) is 0 Å². The molecule has 0 saturated carbocycles. The molecule has 0 spiro atoms. The monoisotopic (exact) mass is 358 g/mol. The lowest BCUT2D eigenvalue weighted by molar-refractivity contribution is -0.136. The van der Waals surface area contributed by atoms with Crippen LogP contribution in [0.1, 0.15) is 32.1 Å². The van der Waals surface area contributed by atoms with Crippen LogP contribution in [0.5, 0.6) is 0 Å². The van der Waals surface area contributed by atoms with Gasteiger partial charge in [-0.2, -0.15) is 0 Å². The fourth-order valence-electron chi connectivity index (χ4n) is 2.35. The van der Waals surface area contributed by atoms with Gasteiger partial charge in [-0.3, -0.25) is 9.59 Å². The lowest BCUT2D eigenvalue weighted by Crippen LogP contribution is -2.48. The summed E-state index contributed by atoms with van der Waals surface area (Å²) in [5, 5.41) is 4.84. The Hall–Kier alpha value is -0.880. The standard InChI is InChI=1S/C14H19BrN2O2S/c1-8(2)13-14(19)17(9(3)6-12(18)16-13)7-11-10(15)4-5-20-11/h4-5,8-9,13H,6-7H2,1-3H3,(H,16,18). The SMILES string of the molecule is CC(C)C1NC(=O)CC(C)N(Cc2sccc2Br)C1=O. The van der Waals surface area contributed by atoms with Crippen LogP contribution in [0.3, 0.4) is 0 Å². The predicted octanol–water partition coefficient (Wildman–Crippen LogP) is 2.77. The van der Waals surface area contributed by atoms with Gasteiger partial charge in [0, 0.05) is 21.8 Å². The van der Waals surface area contributed by atoms with Crippen molar-refractivity contribution in [3.8, 4) is 0 Å². The van der Waals surface area contributed by atoms with Crippen molar-refractivity contribution in [2.45, 2.75) is 45.8 Å². The Kier molecular flexibility index (Phi) is 4.86. The summed E-state index contributed by atoms with van der Waals surface area (Å²) in [5.41, 5.74) is 0. The first kappa shape index (κ1) is 15.5. The Bertz CT molecular complexity index is 515. The van der Waals surface area contributed by atoms with Crippen molar-refractivity contribution in [1.82, 2.24) is 10.2 Å². The average molecular weight is 359 g/mol. The molecule has 2 atom stereocenters. The zero-order chi connectivity index (χ0) is 14.9. The van der Waals surface area contributed by atoms with Gasteiger partial charge in [-0.25, -0.2) is 0 Å². The third-order valence-electron chi connectivity index (χ3n) is 3.55. The van der Waals surface area contributed by atoms with Crippen molar-refractivity contribution in [2.24, 2.45) is 5.92 Å². The minimum atomic E-state index is -0.425. The molecule has 1 aliphatic rings. The Balaban J connectivity index is 2.26. The van der Waals surface area contributed by atoms with Crippen LogP contribution in [0, 0.1) is 5.92 Å². The smallest absolute Gasteiger partial charge is 0.245 e. The van der Waals surface area contributed by atoms with Gasteiger partial charge in [0.25, 0.3) is 0 Å². The maximum absolute atomic E-state index is 12.7. The molecule has 1 aromatic heterocycles. The summed E-state index contributed by atoms with van der Waals surface area (Å²) in [7, 11) is 0. The molecule has 2 amide bonds. The highest BCUT2D eigenvalue weighted by Crippen LogP contribution is 2.27. The van der Waals surface area contributed by atoms with E-state index in [1.807, 2.05) is 37.1 Å². The second-order valence-corrected chi connectivity index (χ2v) is 7.36. The molecule has 20 heavy (non-hydrogen) atoms. The zero-order valence-electron chi connectivity index (χ0n) is 11.9. The fraction of sp³-hybridized carbons (Fsp3) is 0.571. The Labute approximate surface area is 131 Å². The quantitative estimate of drug-likeness (QED) is 0.902. The van der Waals surface area contributed by atoms with Crippen molar-refractivity contribution >= 4 is 39.1 Å². The van der Waals surface area contributed by atoms with Gasteiger partial charge in [-0.15, -0.1) is 11.3 Å². The largest absolute Gasteiger partial charge is 0.344 e. The second-order valence-electron chi connectivity index (χ2n) is 5.50. The first-order valence-electron chi connectivity index (χ1n) is 6.72. The van der Waals surface area contributed by atoms with Crippen LogP contribution in [-0.2, 0) is 16.1 Å². The molecule has 1 saturated heterocycles. The first-order valence-corrected chi connectivity index (χ1v) is 8.39. The highest BCUT2D eigenvalue weighted by atomic mass is 79.9. The van der Waals surface area contributed by atoms with Crippen LogP contribution in [0.15, 0.2) is 15.9 Å². The van der Waals surface area contributed by atoms with Gasteiger partial charge in [0.2, 0.25) is 11.8 Å². The summed E-state index contributed by atoms with van der Waals surface area (Å²) in [4.78, 5) is 27.5. The summed E-state index contributed by atoms with van der Waals surface area (Å²) in [6.45, 7) is 6.40. The van der Waals surface area contributed by atoms with E-state index in [1.54, 1.807) is 11.3 Å². The molecule has 110 valence electrons. The Morgan fingerprint density at radius 1 is 1.50 bits per heavy atom. The lowest BCUT2D eigenvalue weighted by atomic mass is 10.0. The molecule has 2 rings (SSSR count). The van der Waals surface area contributed by atoms with E-state index >= 15 is 0 Å². The Morgan fingerprint density at radius 3 is 2.75 bits per heavy atom. The predicted molar refractivity (Wildman–Crippen MR) is 83.4 cm³/mol. The number of amides is 2. The van der Waals surface area contributed by atoms with Gasteiger partial charge < -0.3 is 10.2 Å². The van der Waals surface area contributed by atoms with Gasteiger partial charge in [0.15, 0.2) is 0 Å². The number of nitrogens with one attached hydrogen (secondary N) is 1. The zero-order valence-corrected chi connectivity index (χ0v) is 14.3. The minimum absolute atomic E-state index is 0.0126. The van der Waals surface area contributed by atoms with E-state index in [9.17, 15) is 9.59 Å². The lowest BCUT2D eigenvalue weighted by Gasteiger charge is -2.29. The first-order chi connectivity index (χ1) is 9.40. The number of thiophene rings is 1. The summed E-state index contributed by atoms with van der Waals surface area (Å²) in [6, 6.07) is 1.47. The van der Waals surface area contributed by atoms with E-state index in [0.717, 1.165) is 9.35 Å². The second kappa shape index (κ2) is 6.26. The third kappa shape index (κ3) is 3.23. The van der Waals surface area contributed by atoms with E-state index in [1.165, 1.54) is 0 Å². The molecule has 2 heterocycles. The molecule has 1 fully saturated rings. The molecule has 6 heteroatoms. The topological polar surface area (TPSA) is 49.4 Å². The van der Waals surface area contributed by atoms with Crippen molar-refractivity contribution in [2.75, 3.05) is 0 Å². The summed E-state index contributed by atoms with van der Waals surface area (Å²) in [6.07, 6.45) is 0.359. The van der Waals surface area contributed by atoms with Crippen LogP contribution in [0.4, 0.5) is 0 Å². The van der Waals surface area contributed by atoms with Crippen LogP contribution >= 0.6 is 27.3 Å². The minimum Gasteiger partial charge on any atom is -0.344 e. The van der Waals surface area contributed by atoms with Crippen molar-refractivity contribution < 1.29 is 9.59 Å². The van der Waals surface area contributed by atoms with E-state index in [2.05, 4.69) is 21.2 Å². The number of hydrogen-bond donors (Lipinski definition) is 1. The van der Waals surface area contributed by atoms with Gasteiger partial charge >= 0.3 is 0 Å². The van der Waals surface area contributed by atoms with Crippen molar-refractivity contribution in [3.05, 3.63) is 20.8 Å². The maximum atomic E-state index is 12.7. The molecule has 4 nitrogen and oxygen atoms in total. The molecule has 2 unspecified atom stereocenters. The molecule has 1 aromatic rings. The summed E-state index contributed by atoms with van der Waals surface area (Å²) >= 11 is 5.12. The third-order valence-corrected chi connectivity index (χ3v) is 5.46. The number of carbonyl (C=O) groups excluding carboxylic acids is 2. The highest BCUT2D eigenvalue weighted by molar-refractivity contribution is 9.10. The molecular formula is C14H19BrN2O2S. The fourth-order valence-corrected chi connectivity index (χ4v) is 3.82. The van der Waals surface area contributed by atoms with Crippen LogP contribution < -0.4 is 5.32 Å². The number of carbonyl (C=O) groups is 2. The average Bonchev–Trinajstić information content (AvgIpc) is 2.72. The van der Waals surface area contributed by atoms with Crippen molar-refractivity contribution in [1.29, 1.82) is 0 Å². The van der Waals surface area contributed by atoms with Crippen LogP contribution in [-0.4, -0.2) is 28.8 Å². The highest BCUT2D eigenvalue weighted by Gasteiger charge is 2.35. The maximum Gasteiger partial charge on any atom is 0.245 e. The molecule has 0 aromatic carbocycles. The van der Waals surface area contributed by atoms with E-state index in [-0.39, 0.29) is 23.8 Å². The van der Waals surface area contributed by atoms with E-state index < -0.39 is 6.04 Å². The summed E-state index contributed by atoms with van der Waals surface area (Å²) < 4.78 is 1.02. The summed E-state index contributed by atoms with van der Waals surface area (Å²) in [5.74, 6) is 0.0574. The molecule has 0 radical (unpaired) electrons. The number of hydrogen-bond acceptors (Lipinski definition) is 3. The molecule has 1 N–H and O–H groups in total. The molecular weight excluding hydrogens is 340 g/mol. The Morgan fingerprint density at radius 2 is 2.20 bits per heavy atom. The van der Waals surface area contributed by atoms with E-state index in [4.69, 9.17) is 0 Å². The van der Waals surface area contributed by atoms with Gasteiger partial charge in [0.05, 0.1) is 6.54 Å². The number of rotatable bonds is 3. The molecule has 1 aliphatic heterocycles. The normalized spacial score (nSPS) is 23.9. The van der Waals surface area contributed by atoms with Gasteiger partial charge in [-0.05, 0) is 40.2 Å². The van der Waals surface area contributed by atoms with Gasteiger partial charge in [-0.1, -0.05) is 13.8 Å². The number of halogens is 1. The molecule has 0 aliphatic carbocycles. The number of nitrogens with zero attached hydrogens (tertiary/aromatic N) is 1.